The maximum absolute atomic E-state index is 12.4. The van der Waals surface area contributed by atoms with Crippen LogP contribution < -0.4 is 10.1 Å². The van der Waals surface area contributed by atoms with Gasteiger partial charge >= 0.3 is 0 Å². The lowest BCUT2D eigenvalue weighted by atomic mass is 10.1. The van der Waals surface area contributed by atoms with Gasteiger partial charge in [-0.2, -0.15) is 0 Å². The van der Waals surface area contributed by atoms with E-state index in [-0.39, 0.29) is 23.2 Å². The van der Waals surface area contributed by atoms with E-state index in [0.717, 1.165) is 11.1 Å². The number of amides is 1. The Hall–Kier alpha value is -2.76. The summed E-state index contributed by atoms with van der Waals surface area (Å²) < 4.78 is 10.8. The van der Waals surface area contributed by atoms with Gasteiger partial charge in [0.15, 0.2) is 12.0 Å². The number of halogens is 2. The third-order valence-electron chi connectivity index (χ3n) is 3.92. The van der Waals surface area contributed by atoms with Crippen LogP contribution in [0.5, 0.6) is 5.75 Å². The van der Waals surface area contributed by atoms with Crippen LogP contribution in [0.15, 0.2) is 52.9 Å². The van der Waals surface area contributed by atoms with Gasteiger partial charge in [0.05, 0.1) is 17.7 Å². The molecule has 3 rings (SSSR count). The van der Waals surface area contributed by atoms with Crippen molar-refractivity contribution in [3.63, 3.8) is 0 Å². The van der Waals surface area contributed by atoms with Crippen molar-refractivity contribution < 1.29 is 18.7 Å². The van der Waals surface area contributed by atoms with Gasteiger partial charge in [0.25, 0.3) is 5.91 Å². The fourth-order valence-corrected chi connectivity index (χ4v) is 3.08. The first kappa shape index (κ1) is 19.0. The zero-order valence-corrected chi connectivity index (χ0v) is 15.8. The van der Waals surface area contributed by atoms with Crippen molar-refractivity contribution in [1.82, 2.24) is 5.32 Å². The van der Waals surface area contributed by atoms with E-state index in [1.165, 1.54) is 6.07 Å². The van der Waals surface area contributed by atoms with Crippen LogP contribution in [0, 0.1) is 0 Å². The smallest absolute Gasteiger partial charge is 0.253 e. The Morgan fingerprint density at radius 2 is 1.96 bits per heavy atom. The summed E-state index contributed by atoms with van der Waals surface area (Å²) in [5.41, 5.74) is 1.84. The Kier molecular flexibility index (Phi) is 5.84. The van der Waals surface area contributed by atoms with Gasteiger partial charge in [0.1, 0.15) is 11.5 Å². The van der Waals surface area contributed by atoms with Crippen molar-refractivity contribution in [2.75, 3.05) is 7.11 Å². The van der Waals surface area contributed by atoms with Crippen LogP contribution in [0.4, 0.5) is 0 Å². The topological polar surface area (TPSA) is 68.5 Å². The van der Waals surface area contributed by atoms with E-state index in [4.69, 9.17) is 32.4 Å². The highest BCUT2D eigenvalue weighted by Gasteiger charge is 2.13. The molecular weight excluding hydrogens is 389 g/mol. The predicted molar refractivity (Wildman–Crippen MR) is 104 cm³/mol. The van der Waals surface area contributed by atoms with Crippen molar-refractivity contribution in [2.45, 2.75) is 6.54 Å². The molecule has 0 aliphatic rings. The van der Waals surface area contributed by atoms with Gasteiger partial charge < -0.3 is 14.5 Å². The van der Waals surface area contributed by atoms with Crippen molar-refractivity contribution in [1.29, 1.82) is 0 Å². The first-order valence-corrected chi connectivity index (χ1v) is 8.73. The van der Waals surface area contributed by atoms with Gasteiger partial charge in [-0.1, -0.05) is 23.2 Å². The zero-order chi connectivity index (χ0) is 19.4. The Balaban J connectivity index is 1.81. The second-order valence-electron chi connectivity index (χ2n) is 5.65. The molecular formula is C20H15Cl2NO4. The number of nitrogens with one attached hydrogen (secondary N) is 1. The van der Waals surface area contributed by atoms with E-state index in [9.17, 15) is 9.59 Å². The summed E-state index contributed by atoms with van der Waals surface area (Å²) >= 11 is 11.9. The van der Waals surface area contributed by atoms with Crippen molar-refractivity contribution in [3.8, 4) is 17.1 Å². The quantitative estimate of drug-likeness (QED) is 0.587. The van der Waals surface area contributed by atoms with Gasteiger partial charge in [0.2, 0.25) is 0 Å². The molecule has 5 nitrogen and oxygen atoms in total. The van der Waals surface area contributed by atoms with Crippen LogP contribution in [-0.4, -0.2) is 19.3 Å². The molecule has 1 amide bonds. The van der Waals surface area contributed by atoms with E-state index in [1.54, 1.807) is 37.4 Å². The Morgan fingerprint density at radius 3 is 2.63 bits per heavy atom. The zero-order valence-electron chi connectivity index (χ0n) is 14.3. The Labute approximate surface area is 165 Å². The molecule has 7 heteroatoms. The summed E-state index contributed by atoms with van der Waals surface area (Å²) in [4.78, 5) is 23.2. The number of furan rings is 1. The van der Waals surface area contributed by atoms with Crippen LogP contribution in [-0.2, 0) is 6.54 Å². The van der Waals surface area contributed by atoms with Crippen LogP contribution >= 0.6 is 23.2 Å². The van der Waals surface area contributed by atoms with Crippen molar-refractivity contribution >= 4 is 35.4 Å². The van der Waals surface area contributed by atoms with E-state index in [1.807, 2.05) is 12.1 Å². The first-order valence-electron chi connectivity index (χ1n) is 7.97. The van der Waals surface area contributed by atoms with E-state index >= 15 is 0 Å². The second kappa shape index (κ2) is 8.29. The van der Waals surface area contributed by atoms with Crippen LogP contribution in [0.2, 0.25) is 10.0 Å². The summed E-state index contributed by atoms with van der Waals surface area (Å²) in [6.07, 6.45) is 0.643. The normalized spacial score (nSPS) is 10.5. The van der Waals surface area contributed by atoms with E-state index in [2.05, 4.69) is 5.32 Å². The molecule has 3 aromatic rings. The average Bonchev–Trinajstić information content (AvgIpc) is 3.15. The molecule has 2 aromatic carbocycles. The number of ether oxygens (including phenoxy) is 1. The molecule has 0 unspecified atom stereocenters. The number of hydrogen-bond acceptors (Lipinski definition) is 4. The number of methoxy groups -OCH3 is 1. The highest BCUT2D eigenvalue weighted by molar-refractivity contribution is 6.36. The molecule has 0 fully saturated rings. The van der Waals surface area contributed by atoms with Gasteiger partial charge in [-0.3, -0.25) is 9.59 Å². The third-order valence-corrected chi connectivity index (χ3v) is 4.47. The van der Waals surface area contributed by atoms with Crippen LogP contribution in [0.3, 0.4) is 0 Å². The molecule has 1 N–H and O–H groups in total. The minimum Gasteiger partial charge on any atom is -0.496 e. The highest BCUT2D eigenvalue weighted by Crippen LogP contribution is 2.28. The molecule has 0 atom stereocenters. The van der Waals surface area contributed by atoms with Gasteiger partial charge in [-0.15, -0.1) is 0 Å². The average molecular weight is 404 g/mol. The standard InChI is InChI=1S/C20H15Cl2NO4/c1-26-18-6-2-12(19-7-4-15(11-24)27-19)8-13(18)10-23-20(25)16-5-3-14(21)9-17(16)22/h2-9,11H,10H2,1H3,(H,23,25). The number of hydrogen-bond donors (Lipinski definition) is 1. The number of carbonyl (C=O) groups excluding carboxylic acids is 2. The molecule has 1 aromatic heterocycles. The first-order chi connectivity index (χ1) is 13.0. The number of carbonyl (C=O) groups is 2. The van der Waals surface area contributed by atoms with Gasteiger partial charge in [-0.25, -0.2) is 0 Å². The molecule has 138 valence electrons. The predicted octanol–water partition coefficient (Wildman–Crippen LogP) is 5.00. The molecule has 0 radical (unpaired) electrons. The lowest BCUT2D eigenvalue weighted by Gasteiger charge is -2.12. The monoisotopic (exact) mass is 403 g/mol. The minimum atomic E-state index is -0.328. The fourth-order valence-electron chi connectivity index (χ4n) is 2.59. The Morgan fingerprint density at radius 1 is 1.15 bits per heavy atom. The summed E-state index contributed by atoms with van der Waals surface area (Å²) in [5.74, 6) is 1.08. The third kappa shape index (κ3) is 4.32. The largest absolute Gasteiger partial charge is 0.496 e. The molecule has 0 bridgehead atoms. The van der Waals surface area contributed by atoms with Crippen LogP contribution in [0.25, 0.3) is 11.3 Å². The van der Waals surface area contributed by atoms with Crippen LogP contribution in [0.1, 0.15) is 26.5 Å². The summed E-state index contributed by atoms with van der Waals surface area (Å²) in [6, 6.07) is 13.4. The Bertz CT molecular complexity index is 997. The lowest BCUT2D eigenvalue weighted by molar-refractivity contribution is 0.0950. The molecule has 0 aliphatic heterocycles. The molecule has 27 heavy (non-hydrogen) atoms. The SMILES string of the molecule is COc1ccc(-c2ccc(C=O)o2)cc1CNC(=O)c1ccc(Cl)cc1Cl. The van der Waals surface area contributed by atoms with Gasteiger partial charge in [-0.05, 0) is 48.5 Å². The summed E-state index contributed by atoms with van der Waals surface area (Å²) in [5, 5.41) is 3.55. The fraction of sp³-hybridized carbons (Fsp3) is 0.100. The minimum absolute atomic E-state index is 0.218. The molecule has 0 saturated carbocycles. The number of aldehydes is 1. The van der Waals surface area contributed by atoms with E-state index < -0.39 is 0 Å². The number of benzene rings is 2. The molecule has 0 spiro atoms. The van der Waals surface area contributed by atoms with Crippen molar-refractivity contribution in [2.24, 2.45) is 0 Å². The summed E-state index contributed by atoms with van der Waals surface area (Å²) in [6.45, 7) is 0.218. The maximum Gasteiger partial charge on any atom is 0.253 e. The maximum atomic E-state index is 12.4. The molecule has 0 aliphatic carbocycles. The van der Waals surface area contributed by atoms with Gasteiger partial charge in [0, 0.05) is 22.7 Å². The number of rotatable bonds is 6. The molecule has 0 saturated heterocycles. The molecule has 1 heterocycles. The lowest BCUT2D eigenvalue weighted by Crippen LogP contribution is -2.23. The van der Waals surface area contributed by atoms with Crippen molar-refractivity contribution in [3.05, 3.63) is 75.5 Å². The van der Waals surface area contributed by atoms with E-state index in [0.29, 0.717) is 28.4 Å². The second-order valence-corrected chi connectivity index (χ2v) is 6.50. The summed E-state index contributed by atoms with van der Waals surface area (Å²) in [7, 11) is 1.55. The highest BCUT2D eigenvalue weighted by atomic mass is 35.5.